The molecule has 92 valence electrons. The molecule has 1 aliphatic heterocycles. The quantitative estimate of drug-likeness (QED) is 0.745. The predicted molar refractivity (Wildman–Crippen MR) is 68.5 cm³/mol. The van der Waals surface area contributed by atoms with E-state index in [2.05, 4.69) is 19.9 Å². The summed E-state index contributed by atoms with van der Waals surface area (Å²) in [7, 11) is 0. The van der Waals surface area contributed by atoms with Crippen molar-refractivity contribution in [2.45, 2.75) is 39.7 Å². The zero-order valence-electron chi connectivity index (χ0n) is 10.7. The second kappa shape index (κ2) is 4.78. The highest BCUT2D eigenvalue weighted by Gasteiger charge is 2.28. The molecule has 1 amide bonds. The molecule has 0 fully saturated rings. The topological polar surface area (TPSA) is 29.5 Å². The van der Waals surface area contributed by atoms with Crippen molar-refractivity contribution in [1.82, 2.24) is 0 Å². The van der Waals surface area contributed by atoms with Crippen LogP contribution >= 0.6 is 0 Å². The Morgan fingerprint density at radius 3 is 3.00 bits per heavy atom. The molecule has 0 aromatic heterocycles. The van der Waals surface area contributed by atoms with Gasteiger partial charge in [-0.25, -0.2) is 4.79 Å². The highest BCUT2D eigenvalue weighted by atomic mass is 16.6. The first-order valence-corrected chi connectivity index (χ1v) is 6.19. The van der Waals surface area contributed by atoms with Gasteiger partial charge in [0.25, 0.3) is 0 Å². The van der Waals surface area contributed by atoms with E-state index in [1.165, 1.54) is 11.1 Å². The maximum absolute atomic E-state index is 12.0. The molecule has 3 nitrogen and oxygen atoms in total. The summed E-state index contributed by atoms with van der Waals surface area (Å²) in [6.07, 6.45) is 1.80. The summed E-state index contributed by atoms with van der Waals surface area (Å²) in [5, 5.41) is 0. The van der Waals surface area contributed by atoms with E-state index in [1.54, 1.807) is 4.90 Å². The lowest BCUT2D eigenvalue weighted by Gasteiger charge is -2.34. The third-order valence-electron chi connectivity index (χ3n) is 3.23. The average Bonchev–Trinajstić information content (AvgIpc) is 2.29. The van der Waals surface area contributed by atoms with Crippen LogP contribution in [0.1, 0.15) is 31.4 Å². The second-order valence-electron chi connectivity index (χ2n) is 4.59. The summed E-state index contributed by atoms with van der Waals surface area (Å²) in [6.45, 7) is 6.40. The zero-order valence-corrected chi connectivity index (χ0v) is 10.7. The van der Waals surface area contributed by atoms with Gasteiger partial charge < -0.3 is 4.74 Å². The fourth-order valence-corrected chi connectivity index (χ4v) is 2.35. The number of hydrogen-bond acceptors (Lipinski definition) is 2. The Kier molecular flexibility index (Phi) is 3.36. The Bertz CT molecular complexity index is 428. The highest BCUT2D eigenvalue weighted by molar-refractivity contribution is 5.90. The smallest absolute Gasteiger partial charge is 0.414 e. The molecule has 0 bridgehead atoms. The highest BCUT2D eigenvalue weighted by Crippen LogP contribution is 2.31. The molecule has 0 saturated carbocycles. The van der Waals surface area contributed by atoms with Crippen molar-refractivity contribution in [2.24, 2.45) is 0 Å². The number of carbonyl (C=O) groups is 1. The van der Waals surface area contributed by atoms with Crippen molar-refractivity contribution in [3.63, 3.8) is 0 Å². The number of fused-ring (bicyclic) bond motifs is 1. The fraction of sp³-hybridized carbons (Fsp3) is 0.500. The number of rotatable bonds is 1. The minimum absolute atomic E-state index is 0.212. The first kappa shape index (κ1) is 12.0. The van der Waals surface area contributed by atoms with Crippen LogP contribution in [0.3, 0.4) is 0 Å². The molecule has 1 atom stereocenters. The van der Waals surface area contributed by atoms with Crippen LogP contribution in [0.4, 0.5) is 10.5 Å². The second-order valence-corrected chi connectivity index (χ2v) is 4.59. The molecule has 1 aliphatic rings. The fourth-order valence-electron chi connectivity index (χ4n) is 2.35. The van der Waals surface area contributed by atoms with Gasteiger partial charge in [-0.15, -0.1) is 0 Å². The van der Waals surface area contributed by atoms with Crippen LogP contribution in [0.5, 0.6) is 0 Å². The van der Waals surface area contributed by atoms with Crippen molar-refractivity contribution in [3.8, 4) is 0 Å². The van der Waals surface area contributed by atoms with Crippen molar-refractivity contribution < 1.29 is 9.53 Å². The van der Waals surface area contributed by atoms with Gasteiger partial charge in [0.2, 0.25) is 0 Å². The van der Waals surface area contributed by atoms with E-state index >= 15 is 0 Å². The summed E-state index contributed by atoms with van der Waals surface area (Å²) in [5.41, 5.74) is 3.49. The van der Waals surface area contributed by atoms with Crippen LogP contribution in [-0.4, -0.2) is 18.7 Å². The van der Waals surface area contributed by atoms with Gasteiger partial charge in [0.15, 0.2) is 0 Å². The molecule has 1 unspecified atom stereocenters. The maximum atomic E-state index is 12.0. The summed E-state index contributed by atoms with van der Waals surface area (Å²) in [6, 6.07) is 6.44. The zero-order chi connectivity index (χ0) is 12.4. The number of benzene rings is 1. The first-order valence-electron chi connectivity index (χ1n) is 6.19. The maximum Gasteiger partial charge on any atom is 0.414 e. The van der Waals surface area contributed by atoms with E-state index in [0.29, 0.717) is 6.61 Å². The van der Waals surface area contributed by atoms with E-state index in [9.17, 15) is 4.79 Å². The molecule has 3 heteroatoms. The normalized spacial score (nSPS) is 18.8. The van der Waals surface area contributed by atoms with Gasteiger partial charge in [-0.3, -0.25) is 4.90 Å². The van der Waals surface area contributed by atoms with Gasteiger partial charge in [-0.1, -0.05) is 17.7 Å². The third-order valence-corrected chi connectivity index (χ3v) is 3.23. The van der Waals surface area contributed by atoms with E-state index < -0.39 is 0 Å². The molecule has 1 aromatic rings. The first-order chi connectivity index (χ1) is 8.13. The molecule has 0 spiro atoms. The number of nitrogens with zero attached hydrogens (tertiary/aromatic N) is 1. The third kappa shape index (κ3) is 2.28. The van der Waals surface area contributed by atoms with Crippen molar-refractivity contribution in [1.29, 1.82) is 0 Å². The Morgan fingerprint density at radius 2 is 2.29 bits per heavy atom. The van der Waals surface area contributed by atoms with E-state index in [0.717, 1.165) is 18.5 Å². The number of carbonyl (C=O) groups excluding carboxylic acids is 1. The molecular weight excluding hydrogens is 214 g/mol. The summed E-state index contributed by atoms with van der Waals surface area (Å²) < 4.78 is 5.13. The van der Waals surface area contributed by atoms with Crippen LogP contribution in [0.15, 0.2) is 18.2 Å². The lowest BCUT2D eigenvalue weighted by molar-refractivity contribution is 0.156. The number of amides is 1. The Labute approximate surface area is 102 Å². The van der Waals surface area contributed by atoms with E-state index in [-0.39, 0.29) is 12.1 Å². The molecule has 2 rings (SSSR count). The van der Waals surface area contributed by atoms with Gasteiger partial charge in [-0.05, 0) is 45.2 Å². The minimum atomic E-state index is -0.232. The molecule has 0 radical (unpaired) electrons. The number of ether oxygens (including phenoxy) is 1. The van der Waals surface area contributed by atoms with Gasteiger partial charge in [0, 0.05) is 6.04 Å². The molecule has 0 aliphatic carbocycles. The van der Waals surface area contributed by atoms with Crippen molar-refractivity contribution >= 4 is 11.8 Å². The number of aryl methyl sites for hydroxylation is 2. The molecule has 1 aromatic carbocycles. The monoisotopic (exact) mass is 233 g/mol. The van der Waals surface area contributed by atoms with E-state index in [4.69, 9.17) is 4.74 Å². The molecular formula is C14H19NO2. The molecule has 0 saturated heterocycles. The van der Waals surface area contributed by atoms with Gasteiger partial charge in [0.05, 0.1) is 12.3 Å². The summed E-state index contributed by atoms with van der Waals surface area (Å²) in [4.78, 5) is 13.7. The van der Waals surface area contributed by atoms with Crippen molar-refractivity contribution in [3.05, 3.63) is 29.3 Å². The number of hydrogen-bond donors (Lipinski definition) is 0. The Hall–Kier alpha value is -1.51. The molecule has 1 heterocycles. The lowest BCUT2D eigenvalue weighted by Crippen LogP contribution is -2.42. The summed E-state index contributed by atoms with van der Waals surface area (Å²) in [5.74, 6) is 0. The van der Waals surface area contributed by atoms with E-state index in [1.807, 2.05) is 19.1 Å². The predicted octanol–water partition coefficient (Wildman–Crippen LogP) is 3.29. The van der Waals surface area contributed by atoms with Gasteiger partial charge >= 0.3 is 6.09 Å². The average molecular weight is 233 g/mol. The van der Waals surface area contributed by atoms with Crippen LogP contribution in [-0.2, 0) is 11.2 Å². The van der Waals surface area contributed by atoms with Gasteiger partial charge in [-0.2, -0.15) is 0 Å². The molecule has 0 N–H and O–H groups in total. The minimum Gasteiger partial charge on any atom is -0.449 e. The van der Waals surface area contributed by atoms with Crippen LogP contribution < -0.4 is 4.90 Å². The SMILES string of the molecule is CCOC(=O)N1c2ccc(C)cc2CCC1C. The lowest BCUT2D eigenvalue weighted by atomic mass is 9.95. The Balaban J connectivity index is 2.36. The largest absolute Gasteiger partial charge is 0.449 e. The Morgan fingerprint density at radius 1 is 1.53 bits per heavy atom. The van der Waals surface area contributed by atoms with Crippen molar-refractivity contribution in [2.75, 3.05) is 11.5 Å². The summed E-state index contributed by atoms with van der Waals surface area (Å²) >= 11 is 0. The van der Waals surface area contributed by atoms with Crippen LogP contribution in [0, 0.1) is 6.92 Å². The standard InChI is InChI=1S/C14H19NO2/c1-4-17-14(16)15-11(3)6-7-12-9-10(2)5-8-13(12)15/h5,8-9,11H,4,6-7H2,1-3H3. The van der Waals surface area contributed by atoms with Crippen LogP contribution in [0.2, 0.25) is 0 Å². The number of anilines is 1. The molecule has 17 heavy (non-hydrogen) atoms. The van der Waals surface area contributed by atoms with Crippen LogP contribution in [0.25, 0.3) is 0 Å². The van der Waals surface area contributed by atoms with Gasteiger partial charge in [0.1, 0.15) is 0 Å².